The Balaban J connectivity index is 0.00000300. The second-order valence-corrected chi connectivity index (χ2v) is 6.40. The maximum Gasteiger partial charge on any atom is 0.195 e. The topological polar surface area (TPSA) is 58.1 Å². The molecule has 2 aromatic carbocycles. The third-order valence-electron chi connectivity index (χ3n) is 4.50. The Bertz CT molecular complexity index is 846. The summed E-state index contributed by atoms with van der Waals surface area (Å²) in [4.78, 5) is 6.65. The van der Waals surface area contributed by atoms with Crippen molar-refractivity contribution >= 4 is 41.3 Å². The molecule has 0 aromatic heterocycles. The first kappa shape index (κ1) is 22.9. The number of ether oxygens (including phenoxy) is 2. The van der Waals surface area contributed by atoms with E-state index in [0.29, 0.717) is 24.9 Å². The van der Waals surface area contributed by atoms with Crippen molar-refractivity contribution in [2.75, 3.05) is 44.1 Å². The Morgan fingerprint density at radius 2 is 1.90 bits per heavy atom. The fourth-order valence-electron chi connectivity index (χ4n) is 3.07. The Kier molecular flexibility index (Phi) is 9.11. The minimum absolute atomic E-state index is 0. The van der Waals surface area contributed by atoms with Gasteiger partial charge in [-0.1, -0.05) is 24.3 Å². The van der Waals surface area contributed by atoms with Crippen LogP contribution in [-0.4, -0.2) is 39.8 Å². The van der Waals surface area contributed by atoms with Gasteiger partial charge in [-0.2, -0.15) is 0 Å². The zero-order chi connectivity index (χ0) is 19.8. The van der Waals surface area contributed by atoms with E-state index < -0.39 is 0 Å². The quantitative estimate of drug-likeness (QED) is 0.253. The Morgan fingerprint density at radius 1 is 1.10 bits per heavy atom. The lowest BCUT2D eigenvalue weighted by Gasteiger charge is -2.19. The van der Waals surface area contributed by atoms with Crippen LogP contribution < -0.4 is 25.0 Å². The largest absolute Gasteiger partial charge is 0.493 e. The van der Waals surface area contributed by atoms with Gasteiger partial charge in [0.2, 0.25) is 0 Å². The summed E-state index contributed by atoms with van der Waals surface area (Å²) in [6.45, 7) is 5.17. The molecule has 0 bridgehead atoms. The molecular formula is C22H29IN4O2. The van der Waals surface area contributed by atoms with Crippen LogP contribution in [0.15, 0.2) is 59.6 Å². The zero-order valence-corrected chi connectivity index (χ0v) is 19.5. The molecule has 0 spiro atoms. The highest BCUT2D eigenvalue weighted by Crippen LogP contribution is 2.30. The molecule has 2 aromatic rings. The van der Waals surface area contributed by atoms with E-state index in [1.165, 1.54) is 11.3 Å². The van der Waals surface area contributed by atoms with E-state index in [1.807, 2.05) is 25.1 Å². The van der Waals surface area contributed by atoms with E-state index >= 15 is 0 Å². The van der Waals surface area contributed by atoms with Crippen molar-refractivity contribution in [3.8, 4) is 11.5 Å². The number of methoxy groups -OCH3 is 1. The summed E-state index contributed by atoms with van der Waals surface area (Å²) in [6.07, 6.45) is 4.39. The van der Waals surface area contributed by atoms with Gasteiger partial charge < -0.3 is 25.0 Å². The monoisotopic (exact) mass is 508 g/mol. The number of guanidine groups is 1. The lowest BCUT2D eigenvalue weighted by molar-refractivity contribution is 0.311. The van der Waals surface area contributed by atoms with Gasteiger partial charge in [-0.05, 0) is 36.8 Å². The van der Waals surface area contributed by atoms with E-state index in [0.717, 1.165) is 24.5 Å². The second kappa shape index (κ2) is 11.5. The van der Waals surface area contributed by atoms with E-state index in [-0.39, 0.29) is 24.0 Å². The maximum atomic E-state index is 5.57. The van der Waals surface area contributed by atoms with E-state index in [2.05, 4.69) is 56.9 Å². The summed E-state index contributed by atoms with van der Waals surface area (Å²) in [5.41, 5.74) is 3.32. The fraction of sp³-hybridized carbons (Fsp3) is 0.318. The van der Waals surface area contributed by atoms with E-state index in [4.69, 9.17) is 9.47 Å². The number of nitrogens with zero attached hydrogens (tertiary/aromatic N) is 2. The first-order chi connectivity index (χ1) is 13.7. The van der Waals surface area contributed by atoms with Gasteiger partial charge in [0.15, 0.2) is 17.5 Å². The SMILES string of the molecule is CCOc1ccc(NC(=NC)NCc2cccc(N3CC=CC3)c2)cc1OC.I. The summed E-state index contributed by atoms with van der Waals surface area (Å²) >= 11 is 0. The molecule has 1 aliphatic rings. The summed E-state index contributed by atoms with van der Waals surface area (Å²) in [5.74, 6) is 2.11. The van der Waals surface area contributed by atoms with Crippen LogP contribution in [0.2, 0.25) is 0 Å². The average Bonchev–Trinajstić information content (AvgIpc) is 3.27. The van der Waals surface area contributed by atoms with Crippen LogP contribution >= 0.6 is 24.0 Å². The highest BCUT2D eigenvalue weighted by atomic mass is 127. The number of hydrogen-bond acceptors (Lipinski definition) is 4. The summed E-state index contributed by atoms with van der Waals surface area (Å²) in [7, 11) is 3.39. The molecule has 156 valence electrons. The number of rotatable bonds is 7. The molecule has 0 atom stereocenters. The van der Waals surface area contributed by atoms with Crippen molar-refractivity contribution in [1.82, 2.24) is 5.32 Å². The molecule has 2 N–H and O–H groups in total. The van der Waals surface area contributed by atoms with Crippen LogP contribution in [0.1, 0.15) is 12.5 Å². The van der Waals surface area contributed by atoms with Gasteiger partial charge in [0, 0.05) is 44.1 Å². The standard InChI is InChI=1S/C22H28N4O2.HI/c1-4-28-20-11-10-18(15-21(20)27-3)25-22(23-2)24-16-17-8-7-9-19(14-17)26-12-5-6-13-26;/h5-11,14-15H,4,12-13,16H2,1-3H3,(H2,23,24,25);1H. The summed E-state index contributed by atoms with van der Waals surface area (Å²) in [5, 5.41) is 6.66. The molecule has 0 aliphatic carbocycles. The lowest BCUT2D eigenvalue weighted by atomic mass is 10.2. The van der Waals surface area contributed by atoms with Crippen molar-refractivity contribution < 1.29 is 9.47 Å². The molecule has 0 fully saturated rings. The van der Waals surface area contributed by atoms with Crippen molar-refractivity contribution in [2.24, 2.45) is 4.99 Å². The van der Waals surface area contributed by atoms with Crippen molar-refractivity contribution in [2.45, 2.75) is 13.5 Å². The predicted octanol–water partition coefficient (Wildman–Crippen LogP) is 4.28. The Hall–Kier alpha value is -2.42. The first-order valence-electron chi connectivity index (χ1n) is 9.51. The molecular weight excluding hydrogens is 479 g/mol. The molecule has 0 saturated heterocycles. The van der Waals surface area contributed by atoms with Crippen molar-refractivity contribution in [3.05, 3.63) is 60.2 Å². The molecule has 0 saturated carbocycles. The minimum atomic E-state index is 0. The minimum Gasteiger partial charge on any atom is -0.493 e. The van der Waals surface area contributed by atoms with Gasteiger partial charge in [0.05, 0.1) is 13.7 Å². The van der Waals surface area contributed by atoms with Crippen LogP contribution in [0, 0.1) is 0 Å². The van der Waals surface area contributed by atoms with Crippen LogP contribution in [0.4, 0.5) is 11.4 Å². The highest BCUT2D eigenvalue weighted by Gasteiger charge is 2.09. The molecule has 0 radical (unpaired) electrons. The van der Waals surface area contributed by atoms with Crippen LogP contribution in [-0.2, 0) is 6.54 Å². The molecule has 29 heavy (non-hydrogen) atoms. The predicted molar refractivity (Wildman–Crippen MR) is 131 cm³/mol. The molecule has 6 nitrogen and oxygen atoms in total. The number of anilines is 2. The lowest BCUT2D eigenvalue weighted by Crippen LogP contribution is -2.30. The van der Waals surface area contributed by atoms with Gasteiger partial charge in [-0.15, -0.1) is 24.0 Å². The van der Waals surface area contributed by atoms with Crippen molar-refractivity contribution in [3.63, 3.8) is 0 Å². The van der Waals surface area contributed by atoms with Gasteiger partial charge in [-0.3, -0.25) is 4.99 Å². The first-order valence-corrected chi connectivity index (χ1v) is 9.51. The average molecular weight is 508 g/mol. The third kappa shape index (κ3) is 6.28. The molecule has 7 heteroatoms. The number of nitrogens with one attached hydrogen (secondary N) is 2. The third-order valence-corrected chi connectivity index (χ3v) is 4.50. The Labute approximate surface area is 190 Å². The molecule has 1 heterocycles. The van der Waals surface area contributed by atoms with Crippen molar-refractivity contribution in [1.29, 1.82) is 0 Å². The summed E-state index contributed by atoms with van der Waals surface area (Å²) < 4.78 is 11.0. The second-order valence-electron chi connectivity index (χ2n) is 6.40. The zero-order valence-electron chi connectivity index (χ0n) is 17.1. The molecule has 0 unspecified atom stereocenters. The van der Waals surface area contributed by atoms with Gasteiger partial charge in [0.1, 0.15) is 0 Å². The van der Waals surface area contributed by atoms with Gasteiger partial charge in [0.25, 0.3) is 0 Å². The Morgan fingerprint density at radius 3 is 2.59 bits per heavy atom. The van der Waals surface area contributed by atoms with E-state index in [1.54, 1.807) is 14.2 Å². The normalized spacial score (nSPS) is 13.1. The van der Waals surface area contributed by atoms with Gasteiger partial charge >= 0.3 is 0 Å². The molecule has 1 aliphatic heterocycles. The smallest absolute Gasteiger partial charge is 0.195 e. The number of hydrogen-bond donors (Lipinski definition) is 2. The van der Waals surface area contributed by atoms with E-state index in [9.17, 15) is 0 Å². The maximum absolute atomic E-state index is 5.57. The number of benzene rings is 2. The summed E-state index contributed by atoms with van der Waals surface area (Å²) in [6, 6.07) is 14.3. The van der Waals surface area contributed by atoms with Crippen LogP contribution in [0.5, 0.6) is 11.5 Å². The molecule has 0 amide bonds. The highest BCUT2D eigenvalue weighted by molar-refractivity contribution is 14.0. The fourth-order valence-corrected chi connectivity index (χ4v) is 3.07. The van der Waals surface area contributed by atoms with Gasteiger partial charge in [-0.25, -0.2) is 0 Å². The molecule has 3 rings (SSSR count). The van der Waals surface area contributed by atoms with Crippen LogP contribution in [0.3, 0.4) is 0 Å². The number of aliphatic imine (C=N–C) groups is 1. The van der Waals surface area contributed by atoms with Crippen LogP contribution in [0.25, 0.3) is 0 Å². The number of halogens is 1.